The quantitative estimate of drug-likeness (QED) is 0.785. The van der Waals surface area contributed by atoms with Gasteiger partial charge in [0.2, 0.25) is 0 Å². The third-order valence-electron chi connectivity index (χ3n) is 2.81. The van der Waals surface area contributed by atoms with Gasteiger partial charge in [-0.05, 0) is 6.92 Å². The van der Waals surface area contributed by atoms with Gasteiger partial charge >= 0.3 is 23.9 Å². The van der Waals surface area contributed by atoms with Gasteiger partial charge in [0.15, 0.2) is 5.69 Å². The Hall–Kier alpha value is -2.34. The number of aromatic nitrogens is 2. The fourth-order valence-electron chi connectivity index (χ4n) is 1.48. The van der Waals surface area contributed by atoms with Crippen molar-refractivity contribution in [3.63, 3.8) is 0 Å². The highest BCUT2D eigenvalue weighted by atomic mass is 19.4. The smallest absolute Gasteiger partial charge is 0.354 e. The molecule has 0 saturated carbocycles. The molecule has 0 aliphatic rings. The van der Waals surface area contributed by atoms with Crippen molar-refractivity contribution in [1.82, 2.24) is 15.1 Å². The van der Waals surface area contributed by atoms with E-state index in [0.717, 1.165) is 17.9 Å². The van der Waals surface area contributed by atoms with E-state index in [9.17, 15) is 40.3 Å². The molecular formula is C11H11F7N4O2. The van der Waals surface area contributed by atoms with Crippen LogP contribution in [0.15, 0.2) is 6.20 Å². The Morgan fingerprint density at radius 3 is 2.12 bits per heavy atom. The summed E-state index contributed by atoms with van der Waals surface area (Å²) < 4.78 is 89.3. The maximum absolute atomic E-state index is 13.3. The third kappa shape index (κ3) is 3.28. The molecule has 0 saturated heterocycles. The lowest BCUT2D eigenvalue weighted by atomic mass is 10.1. The lowest BCUT2D eigenvalue weighted by Crippen LogP contribution is -2.57. The number of halogens is 7. The zero-order chi connectivity index (χ0) is 18.9. The molecule has 0 fully saturated rings. The van der Waals surface area contributed by atoms with Crippen molar-refractivity contribution >= 4 is 17.5 Å². The summed E-state index contributed by atoms with van der Waals surface area (Å²) in [5, 5.41) is 6.81. The fourth-order valence-corrected chi connectivity index (χ4v) is 1.48. The van der Waals surface area contributed by atoms with Crippen molar-refractivity contribution in [3.8, 4) is 0 Å². The second-order valence-corrected chi connectivity index (χ2v) is 4.43. The highest BCUT2D eigenvalue weighted by Gasteiger charge is 2.76. The van der Waals surface area contributed by atoms with Crippen LogP contribution in [0.3, 0.4) is 0 Å². The van der Waals surface area contributed by atoms with Gasteiger partial charge in [-0.3, -0.25) is 14.3 Å². The number of anilines is 1. The Bertz CT molecular complexity index is 639. The van der Waals surface area contributed by atoms with Crippen LogP contribution in [0, 0.1) is 0 Å². The van der Waals surface area contributed by atoms with E-state index in [1.807, 2.05) is 5.32 Å². The molecule has 13 heteroatoms. The van der Waals surface area contributed by atoms with E-state index >= 15 is 0 Å². The van der Waals surface area contributed by atoms with E-state index in [0.29, 0.717) is 0 Å². The summed E-state index contributed by atoms with van der Waals surface area (Å²) >= 11 is 0. The number of nitrogens with one attached hydrogen (secondary N) is 2. The lowest BCUT2D eigenvalue weighted by molar-refractivity contribution is -0.343. The largest absolute Gasteiger partial charge is 0.460 e. The maximum atomic E-state index is 13.3. The predicted octanol–water partition coefficient (Wildman–Crippen LogP) is 2.03. The maximum Gasteiger partial charge on any atom is 0.460 e. The van der Waals surface area contributed by atoms with Crippen LogP contribution in [-0.4, -0.2) is 46.7 Å². The highest BCUT2D eigenvalue weighted by Crippen LogP contribution is 2.46. The normalized spacial score (nSPS) is 12.9. The zero-order valence-corrected chi connectivity index (χ0v) is 12.1. The van der Waals surface area contributed by atoms with Gasteiger partial charge in [0.05, 0.1) is 5.69 Å². The van der Waals surface area contributed by atoms with Crippen LogP contribution in [0.5, 0.6) is 0 Å². The number of carbonyl (C=O) groups excluding carboxylic acids is 2. The van der Waals surface area contributed by atoms with Crippen molar-refractivity contribution in [1.29, 1.82) is 0 Å². The third-order valence-corrected chi connectivity index (χ3v) is 2.81. The van der Waals surface area contributed by atoms with Crippen molar-refractivity contribution in [2.45, 2.75) is 31.5 Å². The molecule has 2 amide bonds. The first-order chi connectivity index (χ1) is 10.8. The van der Waals surface area contributed by atoms with Crippen LogP contribution in [0.1, 0.15) is 17.4 Å². The molecule has 0 aliphatic carbocycles. The van der Waals surface area contributed by atoms with E-state index in [2.05, 4.69) is 5.10 Å². The molecule has 0 aromatic carbocycles. The Morgan fingerprint density at radius 2 is 1.71 bits per heavy atom. The monoisotopic (exact) mass is 364 g/mol. The second-order valence-electron chi connectivity index (χ2n) is 4.43. The first-order valence-corrected chi connectivity index (χ1v) is 6.22. The van der Waals surface area contributed by atoms with Crippen molar-refractivity contribution < 1.29 is 40.3 Å². The predicted molar refractivity (Wildman–Crippen MR) is 65.9 cm³/mol. The van der Waals surface area contributed by atoms with Gasteiger partial charge in [0.25, 0.3) is 5.91 Å². The molecule has 0 bridgehead atoms. The van der Waals surface area contributed by atoms with Gasteiger partial charge in [-0.15, -0.1) is 0 Å². The molecule has 24 heavy (non-hydrogen) atoms. The van der Waals surface area contributed by atoms with Gasteiger partial charge in [-0.25, -0.2) is 0 Å². The fraction of sp³-hybridized carbons (Fsp3) is 0.545. The number of rotatable bonds is 5. The van der Waals surface area contributed by atoms with Gasteiger partial charge < -0.3 is 10.6 Å². The molecule has 1 aromatic heterocycles. The van der Waals surface area contributed by atoms with Crippen molar-refractivity contribution in [2.75, 3.05) is 12.4 Å². The van der Waals surface area contributed by atoms with Crippen LogP contribution < -0.4 is 10.6 Å². The van der Waals surface area contributed by atoms with Crippen LogP contribution in [0.2, 0.25) is 0 Å². The summed E-state index contributed by atoms with van der Waals surface area (Å²) in [6.45, 7) is 1.62. The van der Waals surface area contributed by atoms with E-state index in [1.54, 1.807) is 0 Å². The highest BCUT2D eigenvalue weighted by molar-refractivity contribution is 6.04. The molecule has 6 nitrogen and oxygen atoms in total. The molecular weight excluding hydrogens is 353 g/mol. The minimum atomic E-state index is -6.65. The molecule has 1 heterocycles. The number of alkyl halides is 7. The molecule has 1 aromatic rings. The van der Waals surface area contributed by atoms with Gasteiger partial charge in [0, 0.05) is 19.8 Å². The number of nitrogens with zero attached hydrogens (tertiary/aromatic N) is 2. The zero-order valence-electron chi connectivity index (χ0n) is 12.1. The van der Waals surface area contributed by atoms with Crippen LogP contribution >= 0.6 is 0 Å². The van der Waals surface area contributed by atoms with E-state index in [4.69, 9.17) is 0 Å². The Labute approximate surface area is 130 Å². The number of carbonyl (C=O) groups is 2. The van der Waals surface area contributed by atoms with E-state index < -0.39 is 41.2 Å². The number of aryl methyl sites for hydroxylation is 1. The second kappa shape index (κ2) is 6.28. The molecule has 136 valence electrons. The molecule has 0 aliphatic heterocycles. The molecule has 0 spiro atoms. The first kappa shape index (κ1) is 19.7. The molecule has 1 rings (SSSR count). The van der Waals surface area contributed by atoms with Gasteiger partial charge in [-0.1, -0.05) is 0 Å². The number of hydrogen-bond acceptors (Lipinski definition) is 3. The number of hydrogen-bond donors (Lipinski definition) is 2. The summed E-state index contributed by atoms with van der Waals surface area (Å²) in [6, 6.07) is 0. The van der Waals surface area contributed by atoms with Crippen LogP contribution in [0.4, 0.5) is 36.4 Å². The Kier molecular flexibility index (Phi) is 5.16. The summed E-state index contributed by atoms with van der Waals surface area (Å²) in [7, 11) is 1.13. The van der Waals surface area contributed by atoms with Crippen LogP contribution in [0.25, 0.3) is 0 Å². The lowest BCUT2D eigenvalue weighted by Gasteiger charge is -2.26. The Balaban J connectivity index is 3.20. The average Bonchev–Trinajstić information content (AvgIpc) is 2.87. The molecule has 0 radical (unpaired) electrons. The molecule has 0 atom stereocenters. The van der Waals surface area contributed by atoms with Gasteiger partial charge in [-0.2, -0.15) is 35.8 Å². The van der Waals surface area contributed by atoms with Crippen LogP contribution in [-0.2, 0) is 11.3 Å². The SMILES string of the molecule is CCn1cc(NC(=O)C(F)(F)C(F)(F)C(F)(F)F)c(C(=O)NC)n1. The average molecular weight is 364 g/mol. The molecule has 2 N–H and O–H groups in total. The van der Waals surface area contributed by atoms with Crippen molar-refractivity contribution in [3.05, 3.63) is 11.9 Å². The van der Waals surface area contributed by atoms with Gasteiger partial charge in [0.1, 0.15) is 0 Å². The minimum Gasteiger partial charge on any atom is -0.354 e. The minimum absolute atomic E-state index is 0.106. The number of amides is 2. The standard InChI is InChI=1S/C11H11F7N4O2/c1-3-22-4-5(6(21-22)7(23)19-2)20-8(24)9(12,13)10(14,15)11(16,17)18/h4H,3H2,1-2H3,(H,19,23)(H,20,24). The molecule has 0 unspecified atom stereocenters. The summed E-state index contributed by atoms with van der Waals surface area (Å²) in [6.07, 6.45) is -5.81. The summed E-state index contributed by atoms with van der Waals surface area (Å²) in [5.41, 5.74) is -1.36. The summed E-state index contributed by atoms with van der Waals surface area (Å²) in [4.78, 5) is 22.8. The first-order valence-electron chi connectivity index (χ1n) is 6.22. The Morgan fingerprint density at radius 1 is 1.17 bits per heavy atom. The van der Waals surface area contributed by atoms with Crippen molar-refractivity contribution in [2.24, 2.45) is 0 Å². The van der Waals surface area contributed by atoms with E-state index in [1.165, 1.54) is 12.2 Å². The topological polar surface area (TPSA) is 76.0 Å². The van der Waals surface area contributed by atoms with E-state index in [-0.39, 0.29) is 6.54 Å². The summed E-state index contributed by atoms with van der Waals surface area (Å²) in [5.74, 6) is -16.6.